The van der Waals surface area contributed by atoms with Crippen LogP contribution in [0.25, 0.3) is 0 Å². The van der Waals surface area contributed by atoms with Crippen LogP contribution in [0.4, 0.5) is 0 Å². The van der Waals surface area contributed by atoms with E-state index >= 15 is 0 Å². The van der Waals surface area contributed by atoms with Crippen LogP contribution >= 0.6 is 0 Å². The van der Waals surface area contributed by atoms with Gasteiger partial charge in [0.15, 0.2) is 0 Å². The van der Waals surface area contributed by atoms with E-state index in [4.69, 9.17) is 0 Å². The van der Waals surface area contributed by atoms with Crippen LogP contribution in [0.5, 0.6) is 0 Å². The van der Waals surface area contributed by atoms with Crippen LogP contribution in [0.1, 0.15) is 57.8 Å². The van der Waals surface area contributed by atoms with E-state index < -0.39 is 0 Å². The first-order chi connectivity index (χ1) is 8.76. The van der Waals surface area contributed by atoms with Crippen LogP contribution in [0.15, 0.2) is 0 Å². The maximum Gasteiger partial charge on any atom is 0.00675 e. The summed E-state index contributed by atoms with van der Waals surface area (Å²) in [6, 6.07) is 0.835. The van der Waals surface area contributed by atoms with E-state index in [1.54, 1.807) is 0 Å². The Morgan fingerprint density at radius 1 is 1.06 bits per heavy atom. The van der Waals surface area contributed by atoms with Crippen LogP contribution in [-0.4, -0.2) is 37.6 Å². The van der Waals surface area contributed by atoms with Gasteiger partial charge in [-0.25, -0.2) is 0 Å². The maximum atomic E-state index is 3.86. The molecule has 0 aromatic heterocycles. The fraction of sp³-hybridized carbons (Fsp3) is 1.00. The van der Waals surface area contributed by atoms with Gasteiger partial charge in [-0.3, -0.25) is 0 Å². The summed E-state index contributed by atoms with van der Waals surface area (Å²) in [5.41, 5.74) is 0.797. The number of hydrogen-bond acceptors (Lipinski definition) is 2. The first kappa shape index (κ1) is 12.9. The Hall–Kier alpha value is -0.0800. The SMILES string of the molecule is CN1CCC(CNC2CCC3(CCCC3)CC2)C1. The van der Waals surface area contributed by atoms with E-state index in [-0.39, 0.29) is 0 Å². The number of rotatable bonds is 3. The van der Waals surface area contributed by atoms with Crippen molar-refractivity contribution >= 4 is 0 Å². The molecule has 1 N–H and O–H groups in total. The molecule has 2 nitrogen and oxygen atoms in total. The zero-order chi connectivity index (χ0) is 12.4. The van der Waals surface area contributed by atoms with Crippen molar-refractivity contribution in [3.05, 3.63) is 0 Å². The summed E-state index contributed by atoms with van der Waals surface area (Å²) < 4.78 is 0. The van der Waals surface area contributed by atoms with E-state index in [0.717, 1.165) is 17.4 Å². The van der Waals surface area contributed by atoms with Gasteiger partial charge in [0.05, 0.1) is 0 Å². The number of hydrogen-bond donors (Lipinski definition) is 1. The summed E-state index contributed by atoms with van der Waals surface area (Å²) in [6.45, 7) is 3.88. The Kier molecular flexibility index (Phi) is 3.95. The monoisotopic (exact) mass is 250 g/mol. The third kappa shape index (κ3) is 2.91. The molecule has 1 unspecified atom stereocenters. The van der Waals surface area contributed by atoms with Crippen molar-refractivity contribution in [2.24, 2.45) is 11.3 Å². The maximum absolute atomic E-state index is 3.86. The topological polar surface area (TPSA) is 15.3 Å². The third-order valence-electron chi connectivity index (χ3n) is 5.89. The predicted molar refractivity (Wildman–Crippen MR) is 76.8 cm³/mol. The summed E-state index contributed by atoms with van der Waals surface area (Å²) in [6.07, 6.45) is 13.4. The van der Waals surface area contributed by atoms with E-state index in [9.17, 15) is 0 Å². The van der Waals surface area contributed by atoms with Gasteiger partial charge in [-0.15, -0.1) is 0 Å². The lowest BCUT2D eigenvalue weighted by Crippen LogP contribution is -2.39. The second-order valence-electron chi connectivity index (χ2n) is 7.31. The van der Waals surface area contributed by atoms with Crippen molar-refractivity contribution in [2.45, 2.75) is 63.8 Å². The van der Waals surface area contributed by atoms with Crippen LogP contribution < -0.4 is 5.32 Å². The minimum Gasteiger partial charge on any atom is -0.314 e. The second-order valence-corrected chi connectivity index (χ2v) is 7.31. The molecule has 1 aliphatic heterocycles. The highest BCUT2D eigenvalue weighted by atomic mass is 15.1. The standard InChI is InChI=1S/C16H30N2/c1-18-11-6-14(13-18)12-17-15-4-9-16(10-5-15)7-2-3-8-16/h14-15,17H,2-13H2,1H3. The fourth-order valence-corrected chi connectivity index (χ4v) is 4.59. The highest BCUT2D eigenvalue weighted by molar-refractivity contribution is 4.91. The number of nitrogens with zero attached hydrogens (tertiary/aromatic N) is 1. The summed E-state index contributed by atoms with van der Waals surface area (Å²) >= 11 is 0. The average Bonchev–Trinajstić information content (AvgIpc) is 2.99. The molecule has 1 atom stereocenters. The van der Waals surface area contributed by atoms with Crippen LogP contribution in [0.2, 0.25) is 0 Å². The van der Waals surface area contributed by atoms with Gasteiger partial charge in [0, 0.05) is 12.6 Å². The molecule has 3 aliphatic rings. The molecule has 2 heteroatoms. The zero-order valence-corrected chi connectivity index (χ0v) is 12.1. The Balaban J connectivity index is 1.38. The van der Waals surface area contributed by atoms with Crippen LogP contribution in [-0.2, 0) is 0 Å². The van der Waals surface area contributed by atoms with Gasteiger partial charge in [0.2, 0.25) is 0 Å². The summed E-state index contributed by atoms with van der Waals surface area (Å²) in [4.78, 5) is 2.47. The van der Waals surface area contributed by atoms with Crippen molar-refractivity contribution in [1.82, 2.24) is 10.2 Å². The van der Waals surface area contributed by atoms with Crippen LogP contribution in [0, 0.1) is 11.3 Å². The molecule has 0 aromatic rings. The lowest BCUT2D eigenvalue weighted by molar-refractivity contribution is 0.166. The van der Waals surface area contributed by atoms with Gasteiger partial charge in [0.1, 0.15) is 0 Å². The largest absolute Gasteiger partial charge is 0.314 e. The molecule has 0 radical (unpaired) electrons. The van der Waals surface area contributed by atoms with Gasteiger partial charge in [-0.1, -0.05) is 12.8 Å². The summed E-state index contributed by atoms with van der Waals surface area (Å²) in [5.74, 6) is 0.914. The van der Waals surface area contributed by atoms with E-state index in [1.807, 2.05) is 0 Å². The van der Waals surface area contributed by atoms with Gasteiger partial charge in [-0.05, 0) is 76.4 Å². The third-order valence-corrected chi connectivity index (χ3v) is 5.89. The van der Waals surface area contributed by atoms with Crippen molar-refractivity contribution in [3.8, 4) is 0 Å². The molecule has 0 aromatic carbocycles. The summed E-state index contributed by atoms with van der Waals surface area (Å²) in [7, 11) is 2.25. The van der Waals surface area contributed by atoms with Crippen molar-refractivity contribution in [2.75, 3.05) is 26.7 Å². The molecule has 3 rings (SSSR count). The Morgan fingerprint density at radius 2 is 1.78 bits per heavy atom. The minimum absolute atomic E-state index is 0.797. The van der Waals surface area contributed by atoms with Crippen molar-refractivity contribution in [1.29, 1.82) is 0 Å². The fourth-order valence-electron chi connectivity index (χ4n) is 4.59. The minimum atomic E-state index is 0.797. The van der Waals surface area contributed by atoms with Gasteiger partial charge in [0.25, 0.3) is 0 Å². The molecule has 18 heavy (non-hydrogen) atoms. The van der Waals surface area contributed by atoms with E-state index in [1.165, 1.54) is 77.4 Å². The van der Waals surface area contributed by atoms with Gasteiger partial charge in [-0.2, -0.15) is 0 Å². The molecule has 1 heterocycles. The molecule has 104 valence electrons. The Morgan fingerprint density at radius 3 is 2.39 bits per heavy atom. The number of nitrogens with one attached hydrogen (secondary N) is 1. The first-order valence-electron chi connectivity index (χ1n) is 8.18. The van der Waals surface area contributed by atoms with Crippen LogP contribution in [0.3, 0.4) is 0 Å². The molecular formula is C16H30N2. The Bertz CT molecular complexity index is 260. The second kappa shape index (κ2) is 5.50. The molecule has 3 fully saturated rings. The quantitative estimate of drug-likeness (QED) is 0.828. The normalized spacial score (nSPS) is 33.5. The smallest absolute Gasteiger partial charge is 0.00675 e. The Labute approximate surface area is 113 Å². The molecule has 2 saturated carbocycles. The van der Waals surface area contributed by atoms with Gasteiger partial charge < -0.3 is 10.2 Å². The van der Waals surface area contributed by atoms with E-state index in [0.29, 0.717) is 0 Å². The molecular weight excluding hydrogens is 220 g/mol. The molecule has 1 spiro atoms. The lowest BCUT2D eigenvalue weighted by Gasteiger charge is -2.38. The first-order valence-corrected chi connectivity index (χ1v) is 8.18. The van der Waals surface area contributed by atoms with E-state index in [2.05, 4.69) is 17.3 Å². The summed E-state index contributed by atoms with van der Waals surface area (Å²) in [5, 5.41) is 3.86. The average molecular weight is 250 g/mol. The highest BCUT2D eigenvalue weighted by Crippen LogP contribution is 2.48. The molecule has 1 saturated heterocycles. The predicted octanol–water partition coefficient (Wildman–Crippen LogP) is 3.03. The molecule has 2 aliphatic carbocycles. The highest BCUT2D eigenvalue weighted by Gasteiger charge is 2.37. The lowest BCUT2D eigenvalue weighted by atomic mass is 9.71. The van der Waals surface area contributed by atoms with Crippen molar-refractivity contribution < 1.29 is 0 Å². The zero-order valence-electron chi connectivity index (χ0n) is 12.1. The van der Waals surface area contributed by atoms with Crippen molar-refractivity contribution in [3.63, 3.8) is 0 Å². The van der Waals surface area contributed by atoms with Gasteiger partial charge >= 0.3 is 0 Å². The molecule has 0 amide bonds. The number of likely N-dealkylation sites (tertiary alicyclic amines) is 1. The molecule has 0 bridgehead atoms.